The van der Waals surface area contributed by atoms with E-state index in [4.69, 9.17) is 0 Å². The molecule has 0 atom stereocenters. The molecule has 0 spiro atoms. The fraction of sp³-hybridized carbons (Fsp3) is 0.273. The van der Waals surface area contributed by atoms with Crippen molar-refractivity contribution in [2.75, 3.05) is 5.75 Å². The molecule has 1 amide bonds. The zero-order valence-electron chi connectivity index (χ0n) is 16.9. The maximum Gasteiger partial charge on any atom is 0.387 e. The van der Waals surface area contributed by atoms with E-state index in [1.54, 1.807) is 18.3 Å². The van der Waals surface area contributed by atoms with Crippen LogP contribution >= 0.6 is 11.8 Å². The van der Waals surface area contributed by atoms with E-state index in [1.165, 1.54) is 23.9 Å². The number of halogens is 2. The first-order valence-electron chi connectivity index (χ1n) is 9.45. The lowest BCUT2D eigenvalue weighted by Gasteiger charge is -2.14. The molecule has 30 heavy (non-hydrogen) atoms. The number of thioether (sulfide) groups is 1. The van der Waals surface area contributed by atoms with E-state index in [9.17, 15) is 13.6 Å². The van der Waals surface area contributed by atoms with Crippen molar-refractivity contribution in [3.63, 3.8) is 0 Å². The number of amides is 1. The summed E-state index contributed by atoms with van der Waals surface area (Å²) in [5.74, 6) is 0.216. The van der Waals surface area contributed by atoms with Gasteiger partial charge in [0.2, 0.25) is 5.91 Å². The Bertz CT molecular complexity index is 987. The van der Waals surface area contributed by atoms with Crippen LogP contribution in [0.25, 0.3) is 16.9 Å². The summed E-state index contributed by atoms with van der Waals surface area (Å²) in [4.78, 5) is 16.6. The van der Waals surface area contributed by atoms with Gasteiger partial charge in [0, 0.05) is 17.3 Å². The largest absolute Gasteiger partial charge is 0.435 e. The Morgan fingerprint density at radius 3 is 2.40 bits per heavy atom. The molecule has 3 aromatic rings. The van der Waals surface area contributed by atoms with Crippen molar-refractivity contribution in [2.45, 2.75) is 38.6 Å². The number of benzene rings is 2. The highest BCUT2D eigenvalue weighted by Gasteiger charge is 2.16. The van der Waals surface area contributed by atoms with Crippen LogP contribution in [0.5, 0.6) is 5.75 Å². The molecule has 0 unspecified atom stereocenters. The van der Waals surface area contributed by atoms with Crippen molar-refractivity contribution in [3.05, 3.63) is 60.3 Å². The van der Waals surface area contributed by atoms with Gasteiger partial charge >= 0.3 is 6.61 Å². The Kier molecular flexibility index (Phi) is 7.10. The Balaban J connectivity index is 1.95. The topological polar surface area (TPSA) is 56.2 Å². The summed E-state index contributed by atoms with van der Waals surface area (Å²) in [6.45, 7) is 2.94. The highest BCUT2D eigenvalue weighted by Crippen LogP contribution is 2.31. The average molecular weight is 432 g/mol. The lowest BCUT2D eigenvalue weighted by molar-refractivity contribution is -0.119. The van der Waals surface area contributed by atoms with Crippen molar-refractivity contribution in [3.8, 4) is 22.7 Å². The molecular weight excluding hydrogens is 408 g/mol. The van der Waals surface area contributed by atoms with Crippen LogP contribution in [-0.2, 0) is 4.79 Å². The predicted octanol–water partition coefficient (Wildman–Crippen LogP) is 5.07. The fourth-order valence-corrected chi connectivity index (χ4v) is 3.69. The van der Waals surface area contributed by atoms with E-state index >= 15 is 0 Å². The smallest absolute Gasteiger partial charge is 0.387 e. The lowest BCUT2D eigenvalue weighted by Crippen LogP contribution is -2.31. The molecule has 3 rings (SSSR count). The first kappa shape index (κ1) is 21.8. The minimum Gasteiger partial charge on any atom is -0.435 e. The van der Waals surface area contributed by atoms with Gasteiger partial charge < -0.3 is 10.1 Å². The van der Waals surface area contributed by atoms with Crippen molar-refractivity contribution in [1.82, 2.24) is 14.9 Å². The maximum atomic E-state index is 12.5. The van der Waals surface area contributed by atoms with Crippen LogP contribution in [0.3, 0.4) is 0 Å². The molecule has 0 fully saturated rings. The number of carbonyl (C=O) groups is 1. The Morgan fingerprint density at radius 1 is 1.13 bits per heavy atom. The number of rotatable bonds is 8. The van der Waals surface area contributed by atoms with E-state index in [0.717, 1.165) is 22.5 Å². The van der Waals surface area contributed by atoms with E-state index in [2.05, 4.69) is 15.0 Å². The summed E-state index contributed by atoms with van der Waals surface area (Å²) in [6.07, 6.45) is 1.75. The lowest BCUT2D eigenvalue weighted by atomic mass is 10.1. The number of alkyl halides is 2. The van der Waals surface area contributed by atoms with E-state index < -0.39 is 6.61 Å². The third-order valence-corrected chi connectivity index (χ3v) is 5.13. The van der Waals surface area contributed by atoms with Gasteiger partial charge in [-0.15, -0.1) is 0 Å². The minimum absolute atomic E-state index is 0.0587. The number of imidazole rings is 1. The van der Waals surface area contributed by atoms with Crippen LogP contribution in [-0.4, -0.2) is 33.9 Å². The standard InChI is InChI=1S/C22H23F2N3O2S/c1-14(2)26-20(28)13-30-22-25-12-19(16-6-4-15(3)5-7-16)27(22)17-8-10-18(11-9-17)29-21(23)24/h4-12,14,21H,13H2,1-3H3,(H,26,28). The second-order valence-electron chi connectivity index (χ2n) is 7.01. The number of nitrogens with one attached hydrogen (secondary N) is 1. The molecule has 158 valence electrons. The van der Waals surface area contributed by atoms with Crippen molar-refractivity contribution in [2.24, 2.45) is 0 Å². The van der Waals surface area contributed by atoms with Gasteiger partial charge in [0.25, 0.3) is 0 Å². The summed E-state index contributed by atoms with van der Waals surface area (Å²) >= 11 is 1.31. The van der Waals surface area contributed by atoms with Crippen LogP contribution in [0.1, 0.15) is 19.4 Å². The molecule has 0 radical (unpaired) electrons. The second-order valence-corrected chi connectivity index (χ2v) is 7.95. The number of nitrogens with zero attached hydrogens (tertiary/aromatic N) is 2. The molecule has 1 N–H and O–H groups in total. The van der Waals surface area contributed by atoms with Crippen molar-refractivity contribution >= 4 is 17.7 Å². The van der Waals surface area contributed by atoms with Crippen molar-refractivity contribution < 1.29 is 18.3 Å². The van der Waals surface area contributed by atoms with Crippen LogP contribution in [0, 0.1) is 6.92 Å². The first-order valence-corrected chi connectivity index (χ1v) is 10.4. The molecule has 0 saturated heterocycles. The molecule has 0 aliphatic rings. The average Bonchev–Trinajstić information content (AvgIpc) is 3.10. The minimum atomic E-state index is -2.88. The monoisotopic (exact) mass is 431 g/mol. The number of carbonyl (C=O) groups excluding carboxylic acids is 1. The summed E-state index contributed by atoms with van der Waals surface area (Å²) in [5, 5.41) is 3.49. The third-order valence-electron chi connectivity index (χ3n) is 4.18. The summed E-state index contributed by atoms with van der Waals surface area (Å²) < 4.78 is 31.3. The molecule has 0 aliphatic heterocycles. The molecule has 8 heteroatoms. The van der Waals surface area contributed by atoms with Gasteiger partial charge in [-0.05, 0) is 45.0 Å². The van der Waals surface area contributed by atoms with Crippen LogP contribution in [0.4, 0.5) is 8.78 Å². The third kappa shape index (κ3) is 5.60. The number of ether oxygens (including phenoxy) is 1. The fourth-order valence-electron chi connectivity index (χ4n) is 2.88. The SMILES string of the molecule is Cc1ccc(-c2cnc(SCC(=O)NC(C)C)n2-c2ccc(OC(F)F)cc2)cc1. The van der Waals surface area contributed by atoms with E-state index in [-0.39, 0.29) is 23.5 Å². The van der Waals surface area contributed by atoms with Gasteiger partial charge in [-0.2, -0.15) is 8.78 Å². The first-order chi connectivity index (χ1) is 14.3. The van der Waals surface area contributed by atoms with Gasteiger partial charge in [0.1, 0.15) is 5.75 Å². The number of hydrogen-bond acceptors (Lipinski definition) is 4. The van der Waals surface area contributed by atoms with Crippen LogP contribution < -0.4 is 10.1 Å². The number of aryl methyl sites for hydroxylation is 1. The zero-order chi connectivity index (χ0) is 21.7. The van der Waals surface area contributed by atoms with Gasteiger partial charge in [0.15, 0.2) is 5.16 Å². The highest BCUT2D eigenvalue weighted by atomic mass is 32.2. The van der Waals surface area contributed by atoms with Crippen LogP contribution in [0.2, 0.25) is 0 Å². The number of hydrogen-bond donors (Lipinski definition) is 1. The van der Waals surface area contributed by atoms with Crippen LogP contribution in [0.15, 0.2) is 59.9 Å². The Labute approximate surface area is 178 Å². The van der Waals surface area contributed by atoms with Gasteiger partial charge in [-0.25, -0.2) is 4.98 Å². The van der Waals surface area contributed by atoms with Gasteiger partial charge in [0.05, 0.1) is 17.6 Å². The Morgan fingerprint density at radius 2 is 1.80 bits per heavy atom. The summed E-state index contributed by atoms with van der Waals surface area (Å²) in [7, 11) is 0. The molecular formula is C22H23F2N3O2S. The molecule has 2 aromatic carbocycles. The predicted molar refractivity (Wildman–Crippen MR) is 114 cm³/mol. The summed E-state index contributed by atoms with van der Waals surface area (Å²) in [6, 6.07) is 14.4. The van der Waals surface area contributed by atoms with Gasteiger partial charge in [-0.1, -0.05) is 41.6 Å². The molecule has 0 saturated carbocycles. The van der Waals surface area contributed by atoms with E-state index in [0.29, 0.717) is 5.16 Å². The number of aromatic nitrogens is 2. The maximum absolute atomic E-state index is 12.5. The summed E-state index contributed by atoms with van der Waals surface area (Å²) in [5.41, 5.74) is 3.67. The molecule has 0 aliphatic carbocycles. The second kappa shape index (κ2) is 9.75. The van der Waals surface area contributed by atoms with Crippen molar-refractivity contribution in [1.29, 1.82) is 0 Å². The van der Waals surface area contributed by atoms with E-state index in [1.807, 2.05) is 49.6 Å². The molecule has 0 bridgehead atoms. The molecule has 5 nitrogen and oxygen atoms in total. The quantitative estimate of drug-likeness (QED) is 0.506. The highest BCUT2D eigenvalue weighted by molar-refractivity contribution is 7.99. The normalized spacial score (nSPS) is 11.2. The zero-order valence-corrected chi connectivity index (χ0v) is 17.7. The Hall–Kier alpha value is -2.87. The molecule has 1 aromatic heterocycles. The molecule has 1 heterocycles. The van der Waals surface area contributed by atoms with Gasteiger partial charge in [-0.3, -0.25) is 9.36 Å².